The van der Waals surface area contributed by atoms with Crippen LogP contribution >= 0.6 is 11.8 Å². The van der Waals surface area contributed by atoms with Gasteiger partial charge in [0.1, 0.15) is 5.04 Å². The number of rotatable bonds is 0. The van der Waals surface area contributed by atoms with Crippen LogP contribution in [0.5, 0.6) is 0 Å². The Hall–Kier alpha value is -0.180. The van der Waals surface area contributed by atoms with Crippen molar-refractivity contribution in [3.05, 3.63) is 0 Å². The molecule has 2 rings (SSSR count). The van der Waals surface area contributed by atoms with Gasteiger partial charge in [0.05, 0.1) is 5.37 Å². The van der Waals surface area contributed by atoms with Gasteiger partial charge < -0.3 is 0 Å². The molecule has 2 aliphatic heterocycles. The number of hydrazone groups is 1. The zero-order valence-corrected chi connectivity index (χ0v) is 9.52. The first-order valence-corrected chi connectivity index (χ1v) is 5.98. The summed E-state index contributed by atoms with van der Waals surface area (Å²) < 4.78 is 0. The summed E-state index contributed by atoms with van der Waals surface area (Å²) in [6.45, 7) is 7.91. The normalized spacial score (nSPS) is 28.7. The first-order valence-electron chi connectivity index (χ1n) is 5.10. The smallest absolute Gasteiger partial charge is 0.101 e. The lowest BCUT2D eigenvalue weighted by molar-refractivity contribution is 0.221. The second kappa shape index (κ2) is 3.19. The maximum Gasteiger partial charge on any atom is 0.101 e. The minimum Gasteiger partial charge on any atom is -0.283 e. The average molecular weight is 198 g/mol. The third kappa shape index (κ3) is 1.85. The van der Waals surface area contributed by atoms with Crippen molar-refractivity contribution in [1.29, 1.82) is 0 Å². The van der Waals surface area contributed by atoms with Crippen LogP contribution in [0.15, 0.2) is 5.10 Å². The van der Waals surface area contributed by atoms with E-state index in [1.165, 1.54) is 24.3 Å². The van der Waals surface area contributed by atoms with Crippen LogP contribution < -0.4 is 0 Å². The van der Waals surface area contributed by atoms with Gasteiger partial charge >= 0.3 is 0 Å². The highest BCUT2D eigenvalue weighted by molar-refractivity contribution is 8.14. The van der Waals surface area contributed by atoms with Crippen LogP contribution in [0.3, 0.4) is 0 Å². The predicted molar refractivity (Wildman–Crippen MR) is 58.8 cm³/mol. The van der Waals surface area contributed by atoms with Gasteiger partial charge in [-0.05, 0) is 19.3 Å². The molecule has 0 radical (unpaired) electrons. The van der Waals surface area contributed by atoms with E-state index in [2.05, 4.69) is 25.8 Å². The molecule has 74 valence electrons. The number of hydrogen-bond acceptors (Lipinski definition) is 3. The van der Waals surface area contributed by atoms with Gasteiger partial charge in [0.15, 0.2) is 0 Å². The summed E-state index contributed by atoms with van der Waals surface area (Å²) >= 11 is 1.98. The van der Waals surface area contributed by atoms with Crippen molar-refractivity contribution in [2.45, 2.75) is 45.4 Å². The summed E-state index contributed by atoms with van der Waals surface area (Å²) in [4.78, 5) is 0. The van der Waals surface area contributed by atoms with E-state index in [9.17, 15) is 0 Å². The van der Waals surface area contributed by atoms with Gasteiger partial charge in [0.25, 0.3) is 0 Å². The molecule has 2 nitrogen and oxygen atoms in total. The van der Waals surface area contributed by atoms with Gasteiger partial charge in [0.2, 0.25) is 0 Å². The maximum atomic E-state index is 4.69. The van der Waals surface area contributed by atoms with Crippen LogP contribution in [0.2, 0.25) is 0 Å². The molecule has 0 bridgehead atoms. The number of fused-ring (bicyclic) bond motifs is 1. The van der Waals surface area contributed by atoms with Crippen molar-refractivity contribution in [2.24, 2.45) is 10.5 Å². The fourth-order valence-corrected chi connectivity index (χ4v) is 3.04. The minimum absolute atomic E-state index is 0.238. The molecule has 0 spiro atoms. The first-order chi connectivity index (χ1) is 6.07. The van der Waals surface area contributed by atoms with Gasteiger partial charge in [0, 0.05) is 12.0 Å². The second-order valence-corrected chi connectivity index (χ2v) is 6.05. The lowest BCUT2D eigenvalue weighted by Gasteiger charge is -2.26. The van der Waals surface area contributed by atoms with E-state index in [4.69, 9.17) is 5.10 Å². The van der Waals surface area contributed by atoms with Crippen LogP contribution in [-0.4, -0.2) is 22.0 Å². The SMILES string of the molecule is CC(C)(C)C1=NN2CCCCC2S1. The Morgan fingerprint density at radius 3 is 2.77 bits per heavy atom. The molecule has 0 aromatic rings. The van der Waals surface area contributed by atoms with Gasteiger partial charge in [-0.25, -0.2) is 0 Å². The van der Waals surface area contributed by atoms with E-state index in [1.807, 2.05) is 11.8 Å². The summed E-state index contributed by atoms with van der Waals surface area (Å²) in [7, 11) is 0. The molecule has 0 saturated carbocycles. The Morgan fingerprint density at radius 2 is 2.15 bits per heavy atom. The Balaban J connectivity index is 2.09. The topological polar surface area (TPSA) is 15.6 Å². The zero-order valence-electron chi connectivity index (χ0n) is 8.71. The zero-order chi connectivity index (χ0) is 9.47. The molecule has 1 unspecified atom stereocenters. The molecule has 1 fully saturated rings. The average Bonchev–Trinajstić information content (AvgIpc) is 2.45. The van der Waals surface area contributed by atoms with Crippen molar-refractivity contribution in [3.63, 3.8) is 0 Å². The maximum absolute atomic E-state index is 4.69. The third-order valence-corrected chi connectivity index (χ3v) is 4.20. The highest BCUT2D eigenvalue weighted by Crippen LogP contribution is 2.39. The lowest BCUT2D eigenvalue weighted by Crippen LogP contribution is -2.29. The number of hydrogen-bond donors (Lipinski definition) is 0. The van der Waals surface area contributed by atoms with Crippen LogP contribution in [0.1, 0.15) is 40.0 Å². The fourth-order valence-electron chi connectivity index (χ4n) is 1.72. The van der Waals surface area contributed by atoms with E-state index in [0.717, 1.165) is 6.54 Å². The summed E-state index contributed by atoms with van der Waals surface area (Å²) in [5, 5.41) is 8.96. The van der Waals surface area contributed by atoms with Gasteiger partial charge in [-0.3, -0.25) is 5.01 Å². The monoisotopic (exact) mass is 198 g/mol. The van der Waals surface area contributed by atoms with E-state index in [-0.39, 0.29) is 5.41 Å². The molecule has 13 heavy (non-hydrogen) atoms. The van der Waals surface area contributed by atoms with E-state index < -0.39 is 0 Å². The second-order valence-electron chi connectivity index (χ2n) is 4.89. The summed E-state index contributed by atoms with van der Waals surface area (Å²) in [5.41, 5.74) is 0.238. The molecule has 0 amide bonds. The molecule has 0 aliphatic carbocycles. The van der Waals surface area contributed by atoms with Crippen LogP contribution in [0.4, 0.5) is 0 Å². The Morgan fingerprint density at radius 1 is 1.38 bits per heavy atom. The van der Waals surface area contributed by atoms with Crippen molar-refractivity contribution in [2.75, 3.05) is 6.54 Å². The lowest BCUT2D eigenvalue weighted by atomic mass is 9.99. The first kappa shape index (κ1) is 9.38. The standard InChI is InChI=1S/C10H18N2S/c1-10(2,3)9-11-12-7-5-4-6-8(12)13-9/h8H,4-7H2,1-3H3. The Bertz CT molecular complexity index is 230. The molecule has 0 N–H and O–H groups in total. The molecular weight excluding hydrogens is 180 g/mol. The number of thioether (sulfide) groups is 1. The molecule has 1 saturated heterocycles. The quantitative estimate of drug-likeness (QED) is 0.595. The Kier molecular flexibility index (Phi) is 2.30. The van der Waals surface area contributed by atoms with Gasteiger partial charge in [-0.1, -0.05) is 32.5 Å². The van der Waals surface area contributed by atoms with Crippen molar-refractivity contribution < 1.29 is 0 Å². The molecule has 0 aromatic carbocycles. The molecule has 2 aliphatic rings. The summed E-state index contributed by atoms with van der Waals surface area (Å²) in [5.74, 6) is 0. The molecule has 1 atom stereocenters. The predicted octanol–water partition coefficient (Wildman–Crippen LogP) is 2.90. The third-order valence-electron chi connectivity index (χ3n) is 2.53. The van der Waals surface area contributed by atoms with Crippen molar-refractivity contribution >= 4 is 16.8 Å². The van der Waals surface area contributed by atoms with Crippen molar-refractivity contribution in [1.82, 2.24) is 5.01 Å². The number of nitrogens with zero attached hydrogens (tertiary/aromatic N) is 2. The molecule has 0 aromatic heterocycles. The van der Waals surface area contributed by atoms with E-state index in [1.54, 1.807) is 0 Å². The highest BCUT2D eigenvalue weighted by atomic mass is 32.2. The summed E-state index contributed by atoms with van der Waals surface area (Å²) in [6.07, 6.45) is 4.01. The van der Waals surface area contributed by atoms with Crippen LogP contribution in [-0.2, 0) is 0 Å². The highest BCUT2D eigenvalue weighted by Gasteiger charge is 2.34. The fraction of sp³-hybridized carbons (Fsp3) is 0.900. The molecule has 2 heterocycles. The molecule has 3 heteroatoms. The largest absolute Gasteiger partial charge is 0.283 e. The van der Waals surface area contributed by atoms with Crippen LogP contribution in [0.25, 0.3) is 0 Å². The summed E-state index contributed by atoms with van der Waals surface area (Å²) in [6, 6.07) is 0. The Labute approximate surface area is 84.8 Å². The van der Waals surface area contributed by atoms with Crippen LogP contribution in [0, 0.1) is 5.41 Å². The van der Waals surface area contributed by atoms with Gasteiger partial charge in [-0.2, -0.15) is 5.10 Å². The van der Waals surface area contributed by atoms with E-state index in [0.29, 0.717) is 5.37 Å². The molecular formula is C10H18N2S. The van der Waals surface area contributed by atoms with Crippen molar-refractivity contribution in [3.8, 4) is 0 Å². The van der Waals surface area contributed by atoms with E-state index >= 15 is 0 Å². The number of piperidine rings is 1. The minimum atomic E-state index is 0.238. The van der Waals surface area contributed by atoms with Gasteiger partial charge in [-0.15, -0.1) is 0 Å².